The molecule has 1 aliphatic heterocycles. The number of methoxy groups -OCH3 is 1. The average Bonchev–Trinajstić information content (AvgIpc) is 2.28. The second-order valence-electron chi connectivity index (χ2n) is 7.09. The molecule has 0 radical (unpaired) electrons. The third-order valence-electron chi connectivity index (χ3n) is 4.03. The first kappa shape index (κ1) is 15.9. The van der Waals surface area contributed by atoms with Crippen LogP contribution in [0.1, 0.15) is 47.0 Å². The lowest BCUT2D eigenvalue weighted by Crippen LogP contribution is -2.46. The van der Waals surface area contributed by atoms with Crippen LogP contribution in [0.15, 0.2) is 0 Å². The summed E-state index contributed by atoms with van der Waals surface area (Å²) < 4.78 is 5.47. The zero-order valence-corrected chi connectivity index (χ0v) is 12.9. The maximum absolute atomic E-state index is 5.94. The number of likely N-dealkylation sites (tertiary alicyclic amines) is 1. The van der Waals surface area contributed by atoms with E-state index < -0.39 is 0 Å². The minimum atomic E-state index is 0.373. The molecule has 1 fully saturated rings. The van der Waals surface area contributed by atoms with Crippen LogP contribution in [0, 0.1) is 11.3 Å². The van der Waals surface area contributed by atoms with Gasteiger partial charge in [0.15, 0.2) is 0 Å². The van der Waals surface area contributed by atoms with Crippen LogP contribution in [-0.4, -0.2) is 43.8 Å². The molecule has 108 valence electrons. The smallest absolute Gasteiger partial charge is 0.0598 e. The van der Waals surface area contributed by atoms with Gasteiger partial charge < -0.3 is 15.4 Å². The summed E-state index contributed by atoms with van der Waals surface area (Å²) in [5.74, 6) is 0.617. The molecule has 1 rings (SSSR count). The Morgan fingerprint density at radius 1 is 1.39 bits per heavy atom. The fraction of sp³-hybridized carbons (Fsp3) is 1.00. The molecule has 1 saturated heterocycles. The van der Waals surface area contributed by atoms with Gasteiger partial charge in [-0.25, -0.2) is 0 Å². The van der Waals surface area contributed by atoms with Crippen molar-refractivity contribution < 1.29 is 4.74 Å². The maximum atomic E-state index is 5.94. The Labute approximate surface area is 113 Å². The molecule has 2 N–H and O–H groups in total. The van der Waals surface area contributed by atoms with Gasteiger partial charge in [0.25, 0.3) is 0 Å². The van der Waals surface area contributed by atoms with Gasteiger partial charge >= 0.3 is 0 Å². The number of rotatable bonds is 5. The number of nitrogens with zero attached hydrogens (tertiary/aromatic N) is 1. The minimum Gasteiger partial charge on any atom is -0.381 e. The van der Waals surface area contributed by atoms with Crippen molar-refractivity contribution in [2.24, 2.45) is 17.1 Å². The lowest BCUT2D eigenvalue weighted by Gasteiger charge is -2.39. The van der Waals surface area contributed by atoms with E-state index in [-0.39, 0.29) is 0 Å². The molecule has 0 aromatic rings. The molecule has 3 nitrogen and oxygen atoms in total. The van der Waals surface area contributed by atoms with E-state index in [0.717, 1.165) is 32.5 Å². The van der Waals surface area contributed by atoms with E-state index in [2.05, 4.69) is 32.6 Å². The summed E-state index contributed by atoms with van der Waals surface area (Å²) in [6.07, 6.45) is 3.98. The van der Waals surface area contributed by atoms with Gasteiger partial charge in [0.2, 0.25) is 0 Å². The van der Waals surface area contributed by atoms with Crippen LogP contribution in [0.2, 0.25) is 0 Å². The van der Waals surface area contributed by atoms with E-state index in [1.165, 1.54) is 6.42 Å². The largest absolute Gasteiger partial charge is 0.381 e. The van der Waals surface area contributed by atoms with Gasteiger partial charge in [-0.3, -0.25) is 0 Å². The Morgan fingerprint density at radius 2 is 2.06 bits per heavy atom. The topological polar surface area (TPSA) is 38.5 Å². The highest BCUT2D eigenvalue weighted by molar-refractivity contribution is 4.82. The van der Waals surface area contributed by atoms with Crippen LogP contribution in [0.3, 0.4) is 0 Å². The lowest BCUT2D eigenvalue weighted by atomic mass is 9.84. The van der Waals surface area contributed by atoms with Gasteiger partial charge in [-0.15, -0.1) is 0 Å². The quantitative estimate of drug-likeness (QED) is 0.821. The van der Waals surface area contributed by atoms with Crippen molar-refractivity contribution in [1.29, 1.82) is 0 Å². The predicted octanol–water partition coefficient (Wildman–Crippen LogP) is 2.50. The Bertz CT molecular complexity index is 237. The van der Waals surface area contributed by atoms with Crippen molar-refractivity contribution in [1.82, 2.24) is 4.90 Å². The van der Waals surface area contributed by atoms with E-state index in [9.17, 15) is 0 Å². The van der Waals surface area contributed by atoms with Crippen molar-refractivity contribution in [3.05, 3.63) is 0 Å². The molecule has 0 aliphatic carbocycles. The summed E-state index contributed by atoms with van der Waals surface area (Å²) in [6.45, 7) is 12.3. The highest BCUT2D eigenvalue weighted by Crippen LogP contribution is 2.27. The number of hydrogen-bond donors (Lipinski definition) is 1. The molecule has 0 amide bonds. The van der Waals surface area contributed by atoms with Crippen LogP contribution in [-0.2, 0) is 4.74 Å². The van der Waals surface area contributed by atoms with Crippen LogP contribution >= 0.6 is 0 Å². The third kappa shape index (κ3) is 5.25. The molecule has 1 heterocycles. The first-order valence-electron chi connectivity index (χ1n) is 7.32. The number of hydrogen-bond acceptors (Lipinski definition) is 3. The summed E-state index contributed by atoms with van der Waals surface area (Å²) in [4.78, 5) is 2.60. The molecular formula is C15H32N2O. The average molecular weight is 256 g/mol. The SMILES string of the molecule is COC1CCN(CC(CN)CC(C)(C)C)C(C)C1. The first-order valence-corrected chi connectivity index (χ1v) is 7.32. The van der Waals surface area contributed by atoms with Crippen LogP contribution < -0.4 is 5.73 Å². The number of nitrogens with two attached hydrogens (primary N) is 1. The van der Waals surface area contributed by atoms with Crippen LogP contribution in [0.5, 0.6) is 0 Å². The molecule has 3 atom stereocenters. The van der Waals surface area contributed by atoms with Gasteiger partial charge in [0, 0.05) is 26.2 Å². The summed E-state index contributed by atoms with van der Waals surface area (Å²) in [5.41, 5.74) is 6.32. The van der Waals surface area contributed by atoms with E-state index in [0.29, 0.717) is 23.5 Å². The Balaban J connectivity index is 2.45. The molecule has 18 heavy (non-hydrogen) atoms. The zero-order chi connectivity index (χ0) is 13.8. The highest BCUT2D eigenvalue weighted by Gasteiger charge is 2.28. The van der Waals surface area contributed by atoms with Gasteiger partial charge in [0.1, 0.15) is 0 Å². The summed E-state index contributed by atoms with van der Waals surface area (Å²) in [7, 11) is 1.83. The van der Waals surface area contributed by atoms with E-state index >= 15 is 0 Å². The molecule has 0 aromatic carbocycles. The molecular weight excluding hydrogens is 224 g/mol. The second kappa shape index (κ2) is 6.88. The van der Waals surface area contributed by atoms with Gasteiger partial charge in [-0.2, -0.15) is 0 Å². The summed E-state index contributed by atoms with van der Waals surface area (Å²) in [6, 6.07) is 0.623. The number of ether oxygens (including phenoxy) is 1. The summed E-state index contributed by atoms with van der Waals surface area (Å²) >= 11 is 0. The van der Waals surface area contributed by atoms with Crippen molar-refractivity contribution in [3.63, 3.8) is 0 Å². The van der Waals surface area contributed by atoms with Crippen molar-refractivity contribution in [3.8, 4) is 0 Å². The molecule has 0 bridgehead atoms. The zero-order valence-electron chi connectivity index (χ0n) is 12.9. The molecule has 0 saturated carbocycles. The van der Waals surface area contributed by atoms with Crippen LogP contribution in [0.25, 0.3) is 0 Å². The molecule has 3 heteroatoms. The van der Waals surface area contributed by atoms with Gasteiger partial charge in [-0.1, -0.05) is 20.8 Å². The van der Waals surface area contributed by atoms with Crippen molar-refractivity contribution >= 4 is 0 Å². The molecule has 3 unspecified atom stereocenters. The lowest BCUT2D eigenvalue weighted by molar-refractivity contribution is 0.00874. The first-order chi connectivity index (χ1) is 8.35. The number of piperidine rings is 1. The monoisotopic (exact) mass is 256 g/mol. The van der Waals surface area contributed by atoms with Crippen molar-refractivity contribution in [2.75, 3.05) is 26.7 Å². The Hall–Kier alpha value is -0.120. The molecule has 0 spiro atoms. The highest BCUT2D eigenvalue weighted by atomic mass is 16.5. The van der Waals surface area contributed by atoms with E-state index in [4.69, 9.17) is 10.5 Å². The minimum absolute atomic E-state index is 0.373. The standard InChI is InChI=1S/C15H32N2O/c1-12-8-14(18-5)6-7-17(12)11-13(10-16)9-15(2,3)4/h12-14H,6-11,16H2,1-5H3. The van der Waals surface area contributed by atoms with E-state index in [1.54, 1.807) is 0 Å². The molecule has 0 aromatic heterocycles. The second-order valence-corrected chi connectivity index (χ2v) is 7.09. The Morgan fingerprint density at radius 3 is 2.50 bits per heavy atom. The fourth-order valence-electron chi connectivity index (χ4n) is 3.08. The maximum Gasteiger partial charge on any atom is 0.0598 e. The molecule has 1 aliphatic rings. The predicted molar refractivity (Wildman–Crippen MR) is 77.7 cm³/mol. The summed E-state index contributed by atoms with van der Waals surface area (Å²) in [5, 5.41) is 0. The normalized spacial score (nSPS) is 28.3. The van der Waals surface area contributed by atoms with Crippen molar-refractivity contribution in [2.45, 2.75) is 59.1 Å². The van der Waals surface area contributed by atoms with E-state index in [1.807, 2.05) is 7.11 Å². The van der Waals surface area contributed by atoms with Gasteiger partial charge in [-0.05, 0) is 44.1 Å². The third-order valence-corrected chi connectivity index (χ3v) is 4.03. The van der Waals surface area contributed by atoms with Gasteiger partial charge in [0.05, 0.1) is 6.10 Å². The van der Waals surface area contributed by atoms with Crippen LogP contribution in [0.4, 0.5) is 0 Å². The Kier molecular flexibility index (Phi) is 6.09. The fourth-order valence-corrected chi connectivity index (χ4v) is 3.08.